The smallest absolute Gasteiger partial charge is 0.282 e. The summed E-state index contributed by atoms with van der Waals surface area (Å²) in [5.74, 6) is -0.257. The van der Waals surface area contributed by atoms with Crippen LogP contribution in [0.1, 0.15) is 15.4 Å². The topological polar surface area (TPSA) is 67.8 Å². The average molecular weight is 319 g/mol. The monoisotopic (exact) mass is 318 g/mol. The second-order valence-corrected chi connectivity index (χ2v) is 5.92. The SMILES string of the molecule is O=C(NCCc1cccc2cccnc12)c1nnc(Cl)s1. The van der Waals surface area contributed by atoms with E-state index in [0.717, 1.165) is 27.8 Å². The largest absolute Gasteiger partial charge is 0.350 e. The van der Waals surface area contributed by atoms with Crippen molar-refractivity contribution in [2.45, 2.75) is 6.42 Å². The van der Waals surface area contributed by atoms with E-state index in [9.17, 15) is 4.79 Å². The second kappa shape index (κ2) is 6.15. The van der Waals surface area contributed by atoms with Crippen molar-refractivity contribution in [3.63, 3.8) is 0 Å². The number of rotatable bonds is 4. The Kier molecular flexibility index (Phi) is 4.08. The van der Waals surface area contributed by atoms with Crippen molar-refractivity contribution < 1.29 is 4.79 Å². The molecule has 0 aliphatic heterocycles. The maximum atomic E-state index is 11.8. The van der Waals surface area contributed by atoms with Crippen molar-refractivity contribution in [2.75, 3.05) is 6.54 Å². The maximum absolute atomic E-state index is 11.8. The molecule has 106 valence electrons. The number of nitrogens with one attached hydrogen (secondary N) is 1. The van der Waals surface area contributed by atoms with Gasteiger partial charge in [0.05, 0.1) is 5.52 Å². The summed E-state index contributed by atoms with van der Waals surface area (Å²) >= 11 is 6.72. The van der Waals surface area contributed by atoms with E-state index >= 15 is 0 Å². The number of amides is 1. The van der Waals surface area contributed by atoms with Crippen molar-refractivity contribution in [3.05, 3.63) is 51.6 Å². The van der Waals surface area contributed by atoms with Crippen LogP contribution in [-0.2, 0) is 6.42 Å². The summed E-state index contributed by atoms with van der Waals surface area (Å²) in [5, 5.41) is 11.5. The lowest BCUT2D eigenvalue weighted by Gasteiger charge is -2.06. The Labute approximate surface area is 130 Å². The number of aromatic nitrogens is 3. The van der Waals surface area contributed by atoms with Gasteiger partial charge in [-0.05, 0) is 29.7 Å². The van der Waals surface area contributed by atoms with Crippen LogP contribution in [-0.4, -0.2) is 27.6 Å². The highest BCUT2D eigenvalue weighted by Crippen LogP contribution is 2.16. The Morgan fingerprint density at radius 2 is 2.10 bits per heavy atom. The van der Waals surface area contributed by atoms with Crippen LogP contribution < -0.4 is 5.32 Å². The minimum atomic E-state index is -0.257. The van der Waals surface area contributed by atoms with Gasteiger partial charge in [0.1, 0.15) is 0 Å². The van der Waals surface area contributed by atoms with Crippen molar-refractivity contribution in [1.29, 1.82) is 0 Å². The number of carbonyl (C=O) groups is 1. The van der Waals surface area contributed by atoms with E-state index in [2.05, 4.69) is 20.5 Å². The van der Waals surface area contributed by atoms with Crippen LogP contribution in [0.15, 0.2) is 36.5 Å². The number of para-hydroxylation sites is 1. The minimum Gasteiger partial charge on any atom is -0.350 e. The number of hydrogen-bond donors (Lipinski definition) is 1. The van der Waals surface area contributed by atoms with Gasteiger partial charge in [-0.3, -0.25) is 9.78 Å². The zero-order valence-corrected chi connectivity index (χ0v) is 12.5. The summed E-state index contributed by atoms with van der Waals surface area (Å²) in [7, 11) is 0. The van der Waals surface area contributed by atoms with Gasteiger partial charge in [0.15, 0.2) is 0 Å². The second-order valence-electron chi connectivity index (χ2n) is 4.36. The molecule has 0 radical (unpaired) electrons. The number of halogens is 1. The molecule has 0 bridgehead atoms. The molecule has 21 heavy (non-hydrogen) atoms. The Morgan fingerprint density at radius 1 is 1.24 bits per heavy atom. The molecule has 0 saturated heterocycles. The summed E-state index contributed by atoms with van der Waals surface area (Å²) in [6.07, 6.45) is 2.47. The molecule has 3 aromatic rings. The number of fused-ring (bicyclic) bond motifs is 1. The summed E-state index contributed by atoms with van der Waals surface area (Å²) in [6, 6.07) is 9.96. The van der Waals surface area contributed by atoms with Gasteiger partial charge in [0, 0.05) is 18.1 Å². The van der Waals surface area contributed by atoms with Gasteiger partial charge in [-0.25, -0.2) is 0 Å². The normalized spacial score (nSPS) is 10.7. The lowest BCUT2D eigenvalue weighted by molar-refractivity contribution is 0.0953. The van der Waals surface area contributed by atoms with E-state index in [1.54, 1.807) is 6.20 Å². The summed E-state index contributed by atoms with van der Waals surface area (Å²) in [5.41, 5.74) is 2.07. The van der Waals surface area contributed by atoms with Crippen LogP contribution in [0, 0.1) is 0 Å². The number of nitrogens with zero attached hydrogens (tertiary/aromatic N) is 3. The highest BCUT2D eigenvalue weighted by molar-refractivity contribution is 7.17. The molecule has 0 unspecified atom stereocenters. The third-order valence-corrected chi connectivity index (χ3v) is 4.01. The molecule has 2 heterocycles. The average Bonchev–Trinajstić information content (AvgIpc) is 2.94. The molecule has 3 rings (SSSR count). The van der Waals surface area contributed by atoms with Crippen LogP contribution in [0.5, 0.6) is 0 Å². The lowest BCUT2D eigenvalue weighted by atomic mass is 10.1. The Bertz CT molecular complexity index is 784. The molecule has 0 atom stereocenters. The predicted molar refractivity (Wildman–Crippen MR) is 82.7 cm³/mol. The van der Waals surface area contributed by atoms with Gasteiger partial charge in [0.2, 0.25) is 9.47 Å². The van der Waals surface area contributed by atoms with Gasteiger partial charge < -0.3 is 5.32 Å². The predicted octanol–water partition coefficient (Wildman–Crippen LogP) is 2.71. The standard InChI is InChI=1S/C14H11ClN4OS/c15-14-19-18-13(21-14)12(20)17-8-6-10-4-1-3-9-5-2-7-16-11(9)10/h1-5,7H,6,8H2,(H,17,20). The molecular formula is C14H11ClN4OS. The van der Waals surface area contributed by atoms with E-state index < -0.39 is 0 Å². The van der Waals surface area contributed by atoms with E-state index in [-0.39, 0.29) is 15.4 Å². The first-order valence-corrected chi connectivity index (χ1v) is 7.53. The van der Waals surface area contributed by atoms with Gasteiger partial charge in [-0.15, -0.1) is 10.2 Å². The fourth-order valence-corrected chi connectivity index (χ4v) is 2.80. The van der Waals surface area contributed by atoms with Crippen molar-refractivity contribution in [1.82, 2.24) is 20.5 Å². The Morgan fingerprint density at radius 3 is 2.90 bits per heavy atom. The van der Waals surface area contributed by atoms with Gasteiger partial charge in [-0.1, -0.05) is 35.6 Å². The van der Waals surface area contributed by atoms with Crippen LogP contribution >= 0.6 is 22.9 Å². The lowest BCUT2D eigenvalue weighted by Crippen LogP contribution is -2.25. The first kappa shape index (κ1) is 13.9. The molecule has 1 N–H and O–H groups in total. The quantitative estimate of drug-likeness (QED) is 0.803. The first-order valence-electron chi connectivity index (χ1n) is 6.34. The highest BCUT2D eigenvalue weighted by Gasteiger charge is 2.11. The summed E-state index contributed by atoms with van der Waals surface area (Å²) in [6.45, 7) is 0.506. The van der Waals surface area contributed by atoms with Gasteiger partial charge in [0.25, 0.3) is 5.91 Å². The molecule has 1 aromatic carbocycles. The molecule has 0 fully saturated rings. The molecule has 5 nitrogen and oxygen atoms in total. The fourth-order valence-electron chi connectivity index (χ4n) is 2.05. The molecule has 0 saturated carbocycles. The molecule has 0 aliphatic carbocycles. The molecule has 0 spiro atoms. The zero-order chi connectivity index (χ0) is 14.7. The van der Waals surface area contributed by atoms with E-state index in [0.29, 0.717) is 13.0 Å². The maximum Gasteiger partial charge on any atom is 0.282 e. The Hall–Kier alpha value is -2.05. The molecule has 0 aliphatic rings. The molecule has 1 amide bonds. The number of hydrogen-bond acceptors (Lipinski definition) is 5. The van der Waals surface area contributed by atoms with Crippen LogP contribution in [0.4, 0.5) is 0 Å². The zero-order valence-electron chi connectivity index (χ0n) is 10.9. The summed E-state index contributed by atoms with van der Waals surface area (Å²) < 4.78 is 0.262. The molecular weight excluding hydrogens is 308 g/mol. The van der Waals surface area contributed by atoms with E-state index in [4.69, 9.17) is 11.6 Å². The first-order chi connectivity index (χ1) is 10.2. The minimum absolute atomic E-state index is 0.257. The van der Waals surface area contributed by atoms with Gasteiger partial charge in [-0.2, -0.15) is 0 Å². The van der Waals surface area contributed by atoms with Crippen LogP contribution in [0.3, 0.4) is 0 Å². The number of pyridine rings is 1. The van der Waals surface area contributed by atoms with E-state index in [1.165, 1.54) is 0 Å². The van der Waals surface area contributed by atoms with Crippen molar-refractivity contribution in [2.24, 2.45) is 0 Å². The summed E-state index contributed by atoms with van der Waals surface area (Å²) in [4.78, 5) is 16.2. The molecule has 2 aromatic heterocycles. The highest BCUT2D eigenvalue weighted by atomic mass is 35.5. The fraction of sp³-hybridized carbons (Fsp3) is 0.143. The Balaban J connectivity index is 1.66. The number of benzene rings is 1. The molecule has 7 heteroatoms. The number of carbonyl (C=O) groups excluding carboxylic acids is 1. The van der Waals surface area contributed by atoms with Crippen molar-refractivity contribution in [3.8, 4) is 0 Å². The van der Waals surface area contributed by atoms with Crippen molar-refractivity contribution >= 4 is 39.7 Å². The van der Waals surface area contributed by atoms with Crippen LogP contribution in [0.25, 0.3) is 10.9 Å². The van der Waals surface area contributed by atoms with E-state index in [1.807, 2.05) is 30.3 Å². The third-order valence-electron chi connectivity index (χ3n) is 2.99. The van der Waals surface area contributed by atoms with Gasteiger partial charge >= 0.3 is 0 Å². The van der Waals surface area contributed by atoms with Crippen LogP contribution in [0.2, 0.25) is 4.47 Å². The third kappa shape index (κ3) is 3.17.